The average molecular weight is 495 g/mol. The molecule has 2 aromatic rings. The highest BCUT2D eigenvalue weighted by Crippen LogP contribution is 2.12. The Labute approximate surface area is 214 Å². The first-order chi connectivity index (χ1) is 17.3. The van der Waals surface area contributed by atoms with Crippen LogP contribution in [-0.4, -0.2) is 30.1 Å². The largest absolute Gasteiger partial charge is 0.445 e. The van der Waals surface area contributed by atoms with Crippen molar-refractivity contribution in [2.75, 3.05) is 0 Å². The fourth-order valence-electron chi connectivity index (χ4n) is 3.56. The van der Waals surface area contributed by atoms with E-state index in [9.17, 15) is 14.4 Å². The van der Waals surface area contributed by atoms with Crippen LogP contribution in [0.3, 0.4) is 0 Å². The van der Waals surface area contributed by atoms with Gasteiger partial charge in [-0.3, -0.25) is 4.79 Å². The quantitative estimate of drug-likeness (QED) is 0.274. The molecule has 0 radical (unpaired) electrons. The number of unbranched alkanes of at least 4 members (excludes halogenated alkanes) is 1. The highest BCUT2D eigenvalue weighted by atomic mass is 16.5. The van der Waals surface area contributed by atoms with E-state index in [0.717, 1.165) is 24.0 Å². The van der Waals surface area contributed by atoms with Crippen molar-refractivity contribution in [3.05, 3.63) is 84.1 Å². The SMILES string of the molecule is C=C(CCCC)OC(=O)[C@H](Cc1ccccc1)NC(=O)[C@H](CC(C)C)NC(=O)OCc1ccccc1. The van der Waals surface area contributed by atoms with Crippen molar-refractivity contribution in [2.45, 2.75) is 71.6 Å². The van der Waals surface area contributed by atoms with Crippen molar-refractivity contribution in [1.29, 1.82) is 0 Å². The van der Waals surface area contributed by atoms with Gasteiger partial charge in [-0.2, -0.15) is 0 Å². The molecule has 0 unspecified atom stereocenters. The number of alkyl carbamates (subject to hydrolysis) is 1. The Balaban J connectivity index is 2.08. The van der Waals surface area contributed by atoms with E-state index in [0.29, 0.717) is 18.6 Å². The number of esters is 1. The number of hydrogen-bond donors (Lipinski definition) is 2. The predicted octanol–water partition coefficient (Wildman–Crippen LogP) is 5.30. The second kappa shape index (κ2) is 15.4. The molecule has 194 valence electrons. The van der Waals surface area contributed by atoms with Crippen LogP contribution in [0.4, 0.5) is 4.79 Å². The van der Waals surface area contributed by atoms with Crippen molar-refractivity contribution >= 4 is 18.0 Å². The number of allylic oxidation sites excluding steroid dienone is 1. The van der Waals surface area contributed by atoms with Gasteiger partial charge >= 0.3 is 12.1 Å². The summed E-state index contributed by atoms with van der Waals surface area (Å²) in [6.45, 7) is 9.86. The number of carbonyl (C=O) groups excluding carboxylic acids is 3. The van der Waals surface area contributed by atoms with Gasteiger partial charge in [0.2, 0.25) is 5.91 Å². The number of nitrogens with one attached hydrogen (secondary N) is 2. The molecule has 0 aliphatic heterocycles. The molecule has 0 saturated heterocycles. The summed E-state index contributed by atoms with van der Waals surface area (Å²) in [6, 6.07) is 16.8. The first-order valence-corrected chi connectivity index (χ1v) is 12.5. The van der Waals surface area contributed by atoms with Gasteiger partial charge in [0, 0.05) is 12.8 Å². The molecule has 2 N–H and O–H groups in total. The fraction of sp³-hybridized carbons (Fsp3) is 0.414. The number of hydrogen-bond acceptors (Lipinski definition) is 5. The van der Waals surface area contributed by atoms with Crippen LogP contribution in [0.15, 0.2) is 73.0 Å². The summed E-state index contributed by atoms with van der Waals surface area (Å²) in [7, 11) is 0. The Kier molecular flexibility index (Phi) is 12.2. The molecule has 0 saturated carbocycles. The normalized spacial score (nSPS) is 12.3. The Morgan fingerprint density at radius 3 is 2.08 bits per heavy atom. The molecule has 0 aliphatic rings. The summed E-state index contributed by atoms with van der Waals surface area (Å²) in [5.41, 5.74) is 1.71. The number of benzene rings is 2. The van der Waals surface area contributed by atoms with Crippen molar-refractivity contribution in [3.63, 3.8) is 0 Å². The van der Waals surface area contributed by atoms with E-state index in [4.69, 9.17) is 9.47 Å². The number of carbonyl (C=O) groups is 3. The molecule has 0 fully saturated rings. The van der Waals surface area contributed by atoms with Crippen LogP contribution >= 0.6 is 0 Å². The monoisotopic (exact) mass is 494 g/mol. The number of ether oxygens (including phenoxy) is 2. The van der Waals surface area contributed by atoms with E-state index in [1.54, 1.807) is 0 Å². The van der Waals surface area contributed by atoms with Gasteiger partial charge in [0.05, 0.1) is 0 Å². The Morgan fingerprint density at radius 2 is 1.50 bits per heavy atom. The second-order valence-electron chi connectivity index (χ2n) is 9.20. The third-order valence-electron chi connectivity index (χ3n) is 5.47. The van der Waals surface area contributed by atoms with Gasteiger partial charge in [-0.1, -0.05) is 94.4 Å². The molecule has 2 atom stereocenters. The minimum atomic E-state index is -0.935. The van der Waals surface area contributed by atoms with Crippen LogP contribution in [0.1, 0.15) is 57.6 Å². The first kappa shape index (κ1) is 28.6. The molecule has 0 spiro atoms. The van der Waals surface area contributed by atoms with E-state index in [-0.39, 0.29) is 18.9 Å². The molecule has 36 heavy (non-hydrogen) atoms. The third kappa shape index (κ3) is 10.8. The van der Waals surface area contributed by atoms with Crippen molar-refractivity contribution in [1.82, 2.24) is 10.6 Å². The zero-order chi connectivity index (χ0) is 26.3. The van der Waals surface area contributed by atoms with E-state index in [1.165, 1.54) is 0 Å². The van der Waals surface area contributed by atoms with E-state index in [1.807, 2.05) is 81.4 Å². The zero-order valence-corrected chi connectivity index (χ0v) is 21.5. The number of rotatable bonds is 14. The average Bonchev–Trinajstić information content (AvgIpc) is 2.86. The summed E-state index contributed by atoms with van der Waals surface area (Å²) in [5, 5.41) is 5.44. The van der Waals surface area contributed by atoms with Crippen molar-refractivity contribution < 1.29 is 23.9 Å². The minimum absolute atomic E-state index is 0.0888. The fourth-order valence-corrected chi connectivity index (χ4v) is 3.56. The third-order valence-corrected chi connectivity index (χ3v) is 5.47. The van der Waals surface area contributed by atoms with E-state index < -0.39 is 30.1 Å². The Bertz CT molecular complexity index is 976. The summed E-state index contributed by atoms with van der Waals surface area (Å²) in [5.74, 6) is -0.570. The van der Waals surface area contributed by atoms with Gasteiger partial charge in [-0.25, -0.2) is 9.59 Å². The number of amides is 2. The van der Waals surface area contributed by atoms with Gasteiger partial charge < -0.3 is 20.1 Å². The van der Waals surface area contributed by atoms with Crippen LogP contribution in [0, 0.1) is 5.92 Å². The maximum atomic E-state index is 13.2. The Morgan fingerprint density at radius 1 is 0.889 bits per heavy atom. The Hall–Kier alpha value is -3.61. The molecule has 7 heteroatoms. The molecule has 0 heterocycles. The van der Waals surface area contributed by atoms with Gasteiger partial charge in [0.25, 0.3) is 0 Å². The highest BCUT2D eigenvalue weighted by molar-refractivity contribution is 5.90. The topological polar surface area (TPSA) is 93.7 Å². The molecular formula is C29H38N2O5. The molecule has 7 nitrogen and oxygen atoms in total. The highest BCUT2D eigenvalue weighted by Gasteiger charge is 2.29. The second-order valence-corrected chi connectivity index (χ2v) is 9.20. The molecular weight excluding hydrogens is 456 g/mol. The van der Waals surface area contributed by atoms with Gasteiger partial charge in [-0.05, 0) is 29.9 Å². The molecule has 0 aliphatic carbocycles. The summed E-state index contributed by atoms with van der Waals surface area (Å²) < 4.78 is 10.8. The summed E-state index contributed by atoms with van der Waals surface area (Å²) >= 11 is 0. The van der Waals surface area contributed by atoms with Crippen LogP contribution < -0.4 is 10.6 Å². The van der Waals surface area contributed by atoms with E-state index in [2.05, 4.69) is 17.2 Å². The van der Waals surface area contributed by atoms with E-state index >= 15 is 0 Å². The molecule has 2 aromatic carbocycles. The zero-order valence-electron chi connectivity index (χ0n) is 21.5. The smallest absolute Gasteiger partial charge is 0.408 e. The van der Waals surface area contributed by atoms with Gasteiger partial charge in [-0.15, -0.1) is 0 Å². The summed E-state index contributed by atoms with van der Waals surface area (Å²) in [6.07, 6.45) is 2.30. The van der Waals surface area contributed by atoms with Crippen LogP contribution in [0.2, 0.25) is 0 Å². The van der Waals surface area contributed by atoms with Crippen LogP contribution in [-0.2, 0) is 32.1 Å². The lowest BCUT2D eigenvalue weighted by molar-refractivity contribution is -0.144. The summed E-state index contributed by atoms with van der Waals surface area (Å²) in [4.78, 5) is 38.7. The maximum Gasteiger partial charge on any atom is 0.408 e. The molecule has 2 rings (SSSR count). The van der Waals surface area contributed by atoms with Crippen LogP contribution in [0.25, 0.3) is 0 Å². The standard InChI is InChI=1S/C29H38N2O5/c1-5-6-13-22(4)36-28(33)26(19-23-14-9-7-10-15-23)30-27(32)25(18-21(2)3)31-29(34)35-20-24-16-11-8-12-17-24/h7-12,14-17,21,25-26H,4-6,13,18-20H2,1-3H3,(H,30,32)(H,31,34)/t25-,26-/m0/s1. The van der Waals surface area contributed by atoms with Gasteiger partial charge in [0.15, 0.2) is 0 Å². The van der Waals surface area contributed by atoms with Crippen molar-refractivity contribution in [3.8, 4) is 0 Å². The lowest BCUT2D eigenvalue weighted by atomic mass is 10.0. The maximum absolute atomic E-state index is 13.2. The molecule has 0 aromatic heterocycles. The lowest BCUT2D eigenvalue weighted by Crippen LogP contribution is -2.53. The predicted molar refractivity (Wildman–Crippen MR) is 140 cm³/mol. The van der Waals surface area contributed by atoms with Gasteiger partial charge in [0.1, 0.15) is 24.4 Å². The minimum Gasteiger partial charge on any atom is -0.445 e. The molecule has 2 amide bonds. The van der Waals surface area contributed by atoms with Crippen LogP contribution in [0.5, 0.6) is 0 Å². The molecule has 0 bridgehead atoms. The van der Waals surface area contributed by atoms with Crippen molar-refractivity contribution in [2.24, 2.45) is 5.92 Å². The first-order valence-electron chi connectivity index (χ1n) is 12.5. The lowest BCUT2D eigenvalue weighted by Gasteiger charge is -2.24.